The van der Waals surface area contributed by atoms with Crippen LogP contribution in [0.5, 0.6) is 0 Å². The fourth-order valence-electron chi connectivity index (χ4n) is 3.48. The molecule has 1 aliphatic carbocycles. The first-order valence-electron chi connectivity index (χ1n) is 9.48. The lowest BCUT2D eigenvalue weighted by Crippen LogP contribution is -2.42. The van der Waals surface area contributed by atoms with Crippen LogP contribution >= 0.6 is 34.5 Å². The Kier molecular flexibility index (Phi) is 5.90. The van der Waals surface area contributed by atoms with Crippen molar-refractivity contribution in [3.05, 3.63) is 44.9 Å². The minimum atomic E-state index is -0.0713. The molecule has 1 N–H and O–H groups in total. The number of nitrogens with one attached hydrogen (secondary N) is 1. The van der Waals surface area contributed by atoms with Crippen molar-refractivity contribution in [2.24, 2.45) is 11.8 Å². The van der Waals surface area contributed by atoms with Gasteiger partial charge in [0.2, 0.25) is 11.8 Å². The van der Waals surface area contributed by atoms with E-state index in [1.54, 1.807) is 12.3 Å². The van der Waals surface area contributed by atoms with Crippen LogP contribution in [0, 0.1) is 11.8 Å². The predicted molar refractivity (Wildman–Crippen MR) is 112 cm³/mol. The monoisotopic (exact) mass is 437 g/mol. The molecule has 2 fully saturated rings. The molecule has 2 amide bonds. The van der Waals surface area contributed by atoms with Crippen LogP contribution in [0.1, 0.15) is 36.1 Å². The first-order valence-corrected chi connectivity index (χ1v) is 11.1. The van der Waals surface area contributed by atoms with Gasteiger partial charge in [-0.1, -0.05) is 35.3 Å². The lowest BCUT2D eigenvalue weighted by molar-refractivity contribution is -0.135. The number of nitrogens with zero attached hydrogens (tertiary/aromatic N) is 2. The van der Waals surface area contributed by atoms with Gasteiger partial charge in [0.05, 0.1) is 10.0 Å². The summed E-state index contributed by atoms with van der Waals surface area (Å²) in [6.07, 6.45) is 5.84. The molecular weight excluding hydrogens is 417 g/mol. The number of hydrogen-bond acceptors (Lipinski definition) is 4. The van der Waals surface area contributed by atoms with Crippen molar-refractivity contribution >= 4 is 51.5 Å². The highest BCUT2D eigenvalue weighted by molar-refractivity contribution is 7.15. The summed E-state index contributed by atoms with van der Waals surface area (Å²) in [6.45, 7) is 1.34. The highest BCUT2D eigenvalue weighted by Gasteiger charge is 2.36. The minimum Gasteiger partial charge on any atom is -0.342 e. The molecule has 0 bridgehead atoms. The molecule has 1 aromatic heterocycles. The second kappa shape index (κ2) is 8.39. The van der Waals surface area contributed by atoms with Gasteiger partial charge in [-0.15, -0.1) is 11.3 Å². The second-order valence-electron chi connectivity index (χ2n) is 7.38. The van der Waals surface area contributed by atoms with Gasteiger partial charge in [0.15, 0.2) is 5.13 Å². The fourth-order valence-corrected chi connectivity index (χ4v) is 4.70. The Hall–Kier alpha value is -1.63. The van der Waals surface area contributed by atoms with Crippen molar-refractivity contribution in [3.8, 4) is 0 Å². The van der Waals surface area contributed by atoms with E-state index in [2.05, 4.69) is 10.3 Å². The summed E-state index contributed by atoms with van der Waals surface area (Å²) in [7, 11) is 0. The number of thiazole rings is 1. The third-order valence-corrected chi connectivity index (χ3v) is 7.05. The van der Waals surface area contributed by atoms with Crippen LogP contribution in [0.15, 0.2) is 24.4 Å². The van der Waals surface area contributed by atoms with Gasteiger partial charge in [-0.25, -0.2) is 4.98 Å². The third-order valence-electron chi connectivity index (χ3n) is 5.28. The molecule has 1 saturated carbocycles. The summed E-state index contributed by atoms with van der Waals surface area (Å²) in [4.78, 5) is 31.9. The standard InChI is InChI=1S/C20H21Cl2N3O2S/c21-16-3-1-2-14(17(16)22)10-15-11-23-20(28-15)24-18(26)12-6-8-25(9-7-12)19(27)13-4-5-13/h1-3,11-13H,4-10H2,(H,23,24,26). The molecule has 8 heteroatoms. The van der Waals surface area contributed by atoms with Crippen molar-refractivity contribution in [2.45, 2.75) is 32.1 Å². The van der Waals surface area contributed by atoms with E-state index in [-0.39, 0.29) is 23.7 Å². The van der Waals surface area contributed by atoms with Gasteiger partial charge >= 0.3 is 0 Å². The van der Waals surface area contributed by atoms with E-state index < -0.39 is 0 Å². The molecule has 1 aliphatic heterocycles. The summed E-state index contributed by atoms with van der Waals surface area (Å²) < 4.78 is 0. The zero-order chi connectivity index (χ0) is 19.7. The van der Waals surface area contributed by atoms with Gasteiger partial charge in [-0.05, 0) is 37.3 Å². The highest BCUT2D eigenvalue weighted by atomic mass is 35.5. The van der Waals surface area contributed by atoms with Crippen molar-refractivity contribution in [3.63, 3.8) is 0 Å². The summed E-state index contributed by atoms with van der Waals surface area (Å²) in [5.41, 5.74) is 0.934. The van der Waals surface area contributed by atoms with Crippen molar-refractivity contribution < 1.29 is 9.59 Å². The number of carbonyl (C=O) groups is 2. The number of piperidine rings is 1. The summed E-state index contributed by atoms with van der Waals surface area (Å²) >= 11 is 13.8. The lowest BCUT2D eigenvalue weighted by atomic mass is 9.95. The van der Waals surface area contributed by atoms with Gasteiger partial charge in [0.25, 0.3) is 0 Å². The number of likely N-dealkylation sites (tertiary alicyclic amines) is 1. The van der Waals surface area contributed by atoms with E-state index in [1.165, 1.54) is 11.3 Å². The number of halogens is 2. The number of carbonyl (C=O) groups excluding carboxylic acids is 2. The molecule has 4 rings (SSSR count). The molecule has 5 nitrogen and oxygen atoms in total. The molecule has 2 aliphatic rings. The second-order valence-corrected chi connectivity index (χ2v) is 9.28. The normalized spacial score (nSPS) is 17.6. The van der Waals surface area contributed by atoms with Gasteiger partial charge in [-0.2, -0.15) is 0 Å². The van der Waals surface area contributed by atoms with E-state index in [1.807, 2.05) is 17.0 Å². The van der Waals surface area contributed by atoms with Crippen molar-refractivity contribution in [1.29, 1.82) is 0 Å². The van der Waals surface area contributed by atoms with Crippen LogP contribution in [-0.4, -0.2) is 34.8 Å². The molecule has 1 saturated heterocycles. The molecule has 2 aromatic rings. The van der Waals surface area contributed by atoms with Gasteiger partial charge in [0.1, 0.15) is 0 Å². The van der Waals surface area contributed by atoms with Gasteiger partial charge < -0.3 is 10.2 Å². The average molecular weight is 438 g/mol. The zero-order valence-electron chi connectivity index (χ0n) is 15.3. The van der Waals surface area contributed by atoms with E-state index in [4.69, 9.17) is 23.2 Å². The molecule has 28 heavy (non-hydrogen) atoms. The minimum absolute atomic E-state index is 0.0137. The number of rotatable bonds is 5. The van der Waals surface area contributed by atoms with Crippen molar-refractivity contribution in [1.82, 2.24) is 9.88 Å². The lowest BCUT2D eigenvalue weighted by Gasteiger charge is -2.31. The molecule has 1 aromatic carbocycles. The van der Waals surface area contributed by atoms with E-state index >= 15 is 0 Å². The van der Waals surface area contributed by atoms with Gasteiger partial charge in [0, 0.05) is 42.4 Å². The molecule has 2 heterocycles. The summed E-state index contributed by atoms with van der Waals surface area (Å²) in [5.74, 6) is 0.424. The summed E-state index contributed by atoms with van der Waals surface area (Å²) in [5, 5.41) is 4.60. The quantitative estimate of drug-likeness (QED) is 0.741. The number of hydrogen-bond donors (Lipinski definition) is 1. The van der Waals surface area contributed by atoms with Crippen LogP contribution in [-0.2, 0) is 16.0 Å². The van der Waals surface area contributed by atoms with Crippen LogP contribution < -0.4 is 5.32 Å². The third kappa shape index (κ3) is 4.50. The van der Waals surface area contributed by atoms with E-state index in [0.29, 0.717) is 47.5 Å². The Bertz CT molecular complexity index is 889. The Labute approximate surface area is 178 Å². The average Bonchev–Trinajstić information content (AvgIpc) is 3.46. The van der Waals surface area contributed by atoms with Crippen LogP contribution in [0.3, 0.4) is 0 Å². The molecule has 148 valence electrons. The molecule has 0 atom stereocenters. The maximum atomic E-state index is 12.6. The number of amides is 2. The fraction of sp³-hybridized carbons (Fsp3) is 0.450. The maximum Gasteiger partial charge on any atom is 0.229 e. The zero-order valence-corrected chi connectivity index (χ0v) is 17.6. The van der Waals surface area contributed by atoms with Crippen LogP contribution in [0.25, 0.3) is 0 Å². The molecule has 0 spiro atoms. The Balaban J connectivity index is 1.30. The molecule has 0 unspecified atom stereocenters. The Morgan fingerprint density at radius 1 is 1.14 bits per heavy atom. The number of benzene rings is 1. The predicted octanol–water partition coefficient (Wildman–Crippen LogP) is 4.63. The topological polar surface area (TPSA) is 62.3 Å². The van der Waals surface area contributed by atoms with E-state index in [0.717, 1.165) is 23.3 Å². The maximum absolute atomic E-state index is 12.6. The number of aromatic nitrogens is 1. The summed E-state index contributed by atoms with van der Waals surface area (Å²) in [6, 6.07) is 5.56. The Morgan fingerprint density at radius 2 is 1.89 bits per heavy atom. The number of anilines is 1. The Morgan fingerprint density at radius 3 is 2.61 bits per heavy atom. The largest absolute Gasteiger partial charge is 0.342 e. The SMILES string of the molecule is O=C(Nc1ncc(Cc2cccc(Cl)c2Cl)s1)C1CCN(C(=O)C2CC2)CC1. The van der Waals surface area contributed by atoms with Crippen LogP contribution in [0.2, 0.25) is 10.0 Å². The smallest absolute Gasteiger partial charge is 0.229 e. The highest BCUT2D eigenvalue weighted by Crippen LogP contribution is 2.33. The first-order chi connectivity index (χ1) is 13.5. The van der Waals surface area contributed by atoms with Crippen LogP contribution in [0.4, 0.5) is 5.13 Å². The van der Waals surface area contributed by atoms with Gasteiger partial charge in [-0.3, -0.25) is 9.59 Å². The molecule has 0 radical (unpaired) electrons. The van der Waals surface area contributed by atoms with E-state index in [9.17, 15) is 9.59 Å². The first kappa shape index (κ1) is 19.7. The van der Waals surface area contributed by atoms with Crippen molar-refractivity contribution in [2.75, 3.05) is 18.4 Å². The molecular formula is C20H21Cl2N3O2S.